The third-order valence-corrected chi connectivity index (χ3v) is 6.54. The minimum absolute atomic E-state index is 0.117. The summed E-state index contributed by atoms with van der Waals surface area (Å²) >= 11 is 9.98. The Labute approximate surface area is 183 Å². The van der Waals surface area contributed by atoms with Gasteiger partial charge in [-0.15, -0.1) is 0 Å². The lowest BCUT2D eigenvalue weighted by Crippen LogP contribution is -2.46. The van der Waals surface area contributed by atoms with Crippen molar-refractivity contribution >= 4 is 61.9 Å². The molecule has 2 aliphatic rings. The van der Waals surface area contributed by atoms with Gasteiger partial charge in [0.25, 0.3) is 5.91 Å². The standard InChI is InChI=1S/C21H20BrN3OS2/c22-17-6-7-18(16(12-17)13-19-20(26)23-21(27)28-19)25-10-8-24(9-11-25)14-15-4-2-1-3-5-15/h1-7,12-13H,8-11,14H2,(H,23,26,27)/b19-13-. The van der Waals surface area contributed by atoms with Crippen molar-refractivity contribution in [2.75, 3.05) is 31.1 Å². The molecule has 1 amide bonds. The number of thiocarbonyl (C=S) groups is 1. The number of carbonyl (C=O) groups excluding carboxylic acids is 1. The zero-order chi connectivity index (χ0) is 19.5. The van der Waals surface area contributed by atoms with E-state index in [2.05, 4.69) is 79.6 Å². The fraction of sp³-hybridized carbons (Fsp3) is 0.238. The van der Waals surface area contributed by atoms with Gasteiger partial charge >= 0.3 is 0 Å². The topological polar surface area (TPSA) is 35.6 Å². The summed E-state index contributed by atoms with van der Waals surface area (Å²) < 4.78 is 1.51. The highest BCUT2D eigenvalue weighted by atomic mass is 79.9. The molecular formula is C21H20BrN3OS2. The Morgan fingerprint density at radius 2 is 1.86 bits per heavy atom. The lowest BCUT2D eigenvalue weighted by Gasteiger charge is -2.37. The molecule has 0 radical (unpaired) electrons. The van der Waals surface area contributed by atoms with Crippen LogP contribution >= 0.6 is 39.9 Å². The maximum Gasteiger partial charge on any atom is 0.263 e. The second kappa shape index (κ2) is 8.78. The van der Waals surface area contributed by atoms with Crippen molar-refractivity contribution in [1.82, 2.24) is 10.2 Å². The molecule has 2 aromatic rings. The number of halogens is 1. The van der Waals surface area contributed by atoms with Crippen LogP contribution in [0.4, 0.5) is 5.69 Å². The number of piperazine rings is 1. The molecule has 2 aliphatic heterocycles. The summed E-state index contributed by atoms with van der Waals surface area (Å²) in [4.78, 5) is 17.6. The molecule has 2 aromatic carbocycles. The molecule has 0 bridgehead atoms. The number of amides is 1. The van der Waals surface area contributed by atoms with E-state index in [1.807, 2.05) is 6.08 Å². The second-order valence-electron chi connectivity index (χ2n) is 6.80. The predicted molar refractivity (Wildman–Crippen MR) is 124 cm³/mol. The molecule has 2 heterocycles. The molecule has 0 spiro atoms. The van der Waals surface area contributed by atoms with E-state index in [-0.39, 0.29) is 5.91 Å². The van der Waals surface area contributed by atoms with Gasteiger partial charge in [0.05, 0.1) is 4.91 Å². The van der Waals surface area contributed by atoms with E-state index in [1.165, 1.54) is 17.3 Å². The predicted octanol–water partition coefficient (Wildman–Crippen LogP) is 4.26. The van der Waals surface area contributed by atoms with Gasteiger partial charge in [-0.3, -0.25) is 9.69 Å². The molecule has 2 saturated heterocycles. The molecule has 2 fully saturated rings. The first-order valence-corrected chi connectivity index (χ1v) is 11.2. The molecule has 0 saturated carbocycles. The van der Waals surface area contributed by atoms with Gasteiger partial charge in [0.1, 0.15) is 4.32 Å². The Hall–Kier alpha value is -1.67. The average molecular weight is 474 g/mol. The quantitative estimate of drug-likeness (QED) is 0.530. The SMILES string of the molecule is O=C1NC(=S)S/C1=C\c1cc(Br)ccc1N1CCN(Cc2ccccc2)CC1. The van der Waals surface area contributed by atoms with Gasteiger partial charge < -0.3 is 10.2 Å². The van der Waals surface area contributed by atoms with Crippen LogP contribution in [0.1, 0.15) is 11.1 Å². The van der Waals surface area contributed by atoms with Gasteiger partial charge in [-0.25, -0.2) is 0 Å². The fourth-order valence-electron chi connectivity index (χ4n) is 3.48. The van der Waals surface area contributed by atoms with Crippen LogP contribution in [-0.2, 0) is 11.3 Å². The zero-order valence-electron chi connectivity index (χ0n) is 15.2. The van der Waals surface area contributed by atoms with E-state index < -0.39 is 0 Å². The van der Waals surface area contributed by atoms with Crippen molar-refractivity contribution in [3.05, 3.63) is 69.0 Å². The van der Waals surface area contributed by atoms with Gasteiger partial charge in [0, 0.05) is 48.4 Å². The Morgan fingerprint density at radius 3 is 2.54 bits per heavy atom. The Kier molecular flexibility index (Phi) is 6.16. The molecule has 1 N–H and O–H groups in total. The normalized spacial score (nSPS) is 19.3. The average Bonchev–Trinajstić information content (AvgIpc) is 3.00. The summed E-state index contributed by atoms with van der Waals surface area (Å²) in [5.74, 6) is -0.117. The Bertz CT molecular complexity index is 925. The number of hydrogen-bond acceptors (Lipinski definition) is 5. The highest BCUT2D eigenvalue weighted by Gasteiger charge is 2.24. The molecule has 0 atom stereocenters. The summed E-state index contributed by atoms with van der Waals surface area (Å²) in [5, 5.41) is 2.68. The van der Waals surface area contributed by atoms with Crippen molar-refractivity contribution < 1.29 is 4.79 Å². The van der Waals surface area contributed by atoms with Crippen molar-refractivity contribution in [1.29, 1.82) is 0 Å². The van der Waals surface area contributed by atoms with Gasteiger partial charge in [-0.05, 0) is 29.8 Å². The Morgan fingerprint density at radius 1 is 1.11 bits per heavy atom. The van der Waals surface area contributed by atoms with Crippen molar-refractivity contribution in [2.24, 2.45) is 0 Å². The highest BCUT2D eigenvalue weighted by Crippen LogP contribution is 2.32. The van der Waals surface area contributed by atoms with Crippen LogP contribution in [0, 0.1) is 0 Å². The largest absolute Gasteiger partial charge is 0.368 e. The van der Waals surface area contributed by atoms with E-state index in [0.717, 1.165) is 48.4 Å². The molecule has 144 valence electrons. The summed E-state index contributed by atoms with van der Waals surface area (Å²) in [5.41, 5.74) is 3.54. The molecule has 4 nitrogen and oxygen atoms in total. The molecular weight excluding hydrogens is 454 g/mol. The van der Waals surface area contributed by atoms with Crippen molar-refractivity contribution in [3.63, 3.8) is 0 Å². The van der Waals surface area contributed by atoms with Gasteiger partial charge in [-0.2, -0.15) is 0 Å². The minimum Gasteiger partial charge on any atom is -0.368 e. The summed E-state index contributed by atoms with van der Waals surface area (Å²) in [6.45, 7) is 4.94. The number of hydrogen-bond donors (Lipinski definition) is 1. The van der Waals surface area contributed by atoms with Crippen molar-refractivity contribution in [2.45, 2.75) is 6.54 Å². The minimum atomic E-state index is -0.117. The van der Waals surface area contributed by atoms with Gasteiger partial charge in [-0.1, -0.05) is 70.2 Å². The fourth-order valence-corrected chi connectivity index (χ4v) is 4.89. The molecule has 7 heteroatoms. The first-order chi connectivity index (χ1) is 13.6. The second-order valence-corrected chi connectivity index (χ2v) is 9.44. The zero-order valence-corrected chi connectivity index (χ0v) is 18.4. The van der Waals surface area contributed by atoms with Crippen LogP contribution in [0.3, 0.4) is 0 Å². The smallest absolute Gasteiger partial charge is 0.263 e. The van der Waals surface area contributed by atoms with E-state index in [9.17, 15) is 4.79 Å². The number of thioether (sulfide) groups is 1. The number of benzene rings is 2. The van der Waals surface area contributed by atoms with E-state index in [0.29, 0.717) is 9.23 Å². The van der Waals surface area contributed by atoms with E-state index in [4.69, 9.17) is 12.2 Å². The van der Waals surface area contributed by atoms with Crippen LogP contribution in [0.2, 0.25) is 0 Å². The highest BCUT2D eigenvalue weighted by molar-refractivity contribution is 9.10. The number of nitrogens with zero attached hydrogens (tertiary/aromatic N) is 2. The number of rotatable bonds is 4. The molecule has 0 aliphatic carbocycles. The first kappa shape index (κ1) is 19.6. The molecule has 0 unspecified atom stereocenters. The monoisotopic (exact) mass is 473 g/mol. The van der Waals surface area contributed by atoms with Crippen LogP contribution in [-0.4, -0.2) is 41.3 Å². The maximum absolute atomic E-state index is 12.1. The van der Waals surface area contributed by atoms with Crippen molar-refractivity contribution in [3.8, 4) is 0 Å². The van der Waals surface area contributed by atoms with E-state index in [1.54, 1.807) is 0 Å². The third kappa shape index (κ3) is 4.66. The Balaban J connectivity index is 1.49. The van der Waals surface area contributed by atoms with Crippen LogP contribution in [0.15, 0.2) is 57.9 Å². The number of anilines is 1. The van der Waals surface area contributed by atoms with Gasteiger partial charge in [0.15, 0.2) is 0 Å². The summed E-state index contributed by atoms with van der Waals surface area (Å²) in [6, 6.07) is 16.8. The molecule has 4 rings (SSSR count). The number of nitrogens with one attached hydrogen (secondary N) is 1. The van der Waals surface area contributed by atoms with Crippen LogP contribution in [0.5, 0.6) is 0 Å². The lowest BCUT2D eigenvalue weighted by atomic mass is 10.1. The summed E-state index contributed by atoms with van der Waals surface area (Å²) in [6.07, 6.45) is 1.94. The lowest BCUT2D eigenvalue weighted by molar-refractivity contribution is -0.115. The molecule has 28 heavy (non-hydrogen) atoms. The van der Waals surface area contributed by atoms with E-state index >= 15 is 0 Å². The molecule has 0 aromatic heterocycles. The first-order valence-electron chi connectivity index (χ1n) is 9.14. The maximum atomic E-state index is 12.1. The van der Waals surface area contributed by atoms with Crippen LogP contribution in [0.25, 0.3) is 6.08 Å². The van der Waals surface area contributed by atoms with Gasteiger partial charge in [0.2, 0.25) is 0 Å². The summed E-state index contributed by atoms with van der Waals surface area (Å²) in [7, 11) is 0. The van der Waals surface area contributed by atoms with Crippen LogP contribution < -0.4 is 10.2 Å². The third-order valence-electron chi connectivity index (χ3n) is 4.88. The number of carbonyl (C=O) groups is 1.